The highest BCUT2D eigenvalue weighted by Gasteiger charge is 2.31. The second-order valence-electron chi connectivity index (χ2n) is 5.13. The Morgan fingerprint density at radius 1 is 1.36 bits per heavy atom. The molecule has 0 saturated carbocycles. The third-order valence-electron chi connectivity index (χ3n) is 3.73. The van der Waals surface area contributed by atoms with Gasteiger partial charge in [-0.3, -0.25) is 0 Å². The van der Waals surface area contributed by atoms with Crippen LogP contribution in [-0.4, -0.2) is 43.3 Å². The Hall–Kier alpha value is -0.410. The lowest BCUT2D eigenvalue weighted by molar-refractivity contribution is 0.0783. The number of hydrogen-bond donors (Lipinski definition) is 2. The largest absolute Gasteiger partial charge is 0.467 e. The molecule has 2 heterocycles. The minimum Gasteiger partial charge on any atom is -0.467 e. The van der Waals surface area contributed by atoms with E-state index in [2.05, 4.69) is 28.8 Å². The Kier molecular flexibility index (Phi) is 9.27. The molecular weight excluding hydrogens is 413 g/mol. The zero-order valence-corrected chi connectivity index (χ0v) is 16.4. The van der Waals surface area contributed by atoms with Gasteiger partial charge in [0, 0.05) is 31.1 Å². The summed E-state index contributed by atoms with van der Waals surface area (Å²) in [6.45, 7) is 6.08. The van der Waals surface area contributed by atoms with Gasteiger partial charge in [0.25, 0.3) is 0 Å². The summed E-state index contributed by atoms with van der Waals surface area (Å²) in [6, 6.07) is 3.82. The number of guanidine groups is 1. The molecule has 126 valence electrons. The van der Waals surface area contributed by atoms with E-state index in [-0.39, 0.29) is 28.7 Å². The van der Waals surface area contributed by atoms with Crippen molar-refractivity contribution in [1.29, 1.82) is 0 Å². The molecule has 2 rings (SSSR count). The van der Waals surface area contributed by atoms with Crippen molar-refractivity contribution in [3.05, 3.63) is 24.2 Å². The minimum absolute atomic E-state index is 0. The van der Waals surface area contributed by atoms with Crippen molar-refractivity contribution in [2.75, 3.05) is 32.6 Å². The van der Waals surface area contributed by atoms with Crippen LogP contribution in [0.15, 0.2) is 27.8 Å². The van der Waals surface area contributed by atoms with Crippen LogP contribution in [0, 0.1) is 0 Å². The molecule has 1 aliphatic rings. The van der Waals surface area contributed by atoms with E-state index >= 15 is 0 Å². The Bertz CT molecular complexity index is 434. The maximum atomic E-state index is 5.48. The van der Waals surface area contributed by atoms with E-state index in [1.54, 1.807) is 6.26 Å². The van der Waals surface area contributed by atoms with Crippen LogP contribution in [0.2, 0.25) is 0 Å². The summed E-state index contributed by atoms with van der Waals surface area (Å²) < 4.78 is 11.0. The molecule has 22 heavy (non-hydrogen) atoms. The van der Waals surface area contributed by atoms with Crippen molar-refractivity contribution in [3.8, 4) is 0 Å². The van der Waals surface area contributed by atoms with Crippen molar-refractivity contribution >= 4 is 41.7 Å². The summed E-state index contributed by atoms with van der Waals surface area (Å²) in [6.07, 6.45) is 6.02. The van der Waals surface area contributed by atoms with E-state index in [1.165, 1.54) is 0 Å². The Morgan fingerprint density at radius 3 is 2.73 bits per heavy atom. The van der Waals surface area contributed by atoms with E-state index in [9.17, 15) is 0 Å². The van der Waals surface area contributed by atoms with E-state index in [1.807, 2.05) is 23.9 Å². The maximum absolute atomic E-state index is 5.48. The van der Waals surface area contributed by atoms with E-state index < -0.39 is 0 Å². The molecule has 0 spiro atoms. The zero-order valence-electron chi connectivity index (χ0n) is 13.3. The molecular formula is C15H26IN3O2S. The summed E-state index contributed by atoms with van der Waals surface area (Å²) in [5.74, 6) is 1.71. The second kappa shape index (κ2) is 10.4. The van der Waals surface area contributed by atoms with Gasteiger partial charge in [-0.15, -0.1) is 24.0 Å². The van der Waals surface area contributed by atoms with Gasteiger partial charge in [-0.25, -0.2) is 4.99 Å². The smallest absolute Gasteiger partial charge is 0.191 e. The Balaban J connectivity index is 0.00000242. The van der Waals surface area contributed by atoms with E-state index in [0.29, 0.717) is 6.54 Å². The maximum Gasteiger partial charge on any atom is 0.191 e. The predicted molar refractivity (Wildman–Crippen MR) is 103 cm³/mol. The van der Waals surface area contributed by atoms with Gasteiger partial charge in [-0.05, 0) is 38.2 Å². The van der Waals surface area contributed by atoms with Crippen molar-refractivity contribution in [1.82, 2.24) is 10.6 Å². The molecule has 1 aliphatic heterocycles. The molecule has 0 atom stereocenters. The number of hydrogen-bond acceptors (Lipinski definition) is 4. The quantitative estimate of drug-likeness (QED) is 0.406. The first-order valence-electron chi connectivity index (χ1n) is 7.45. The summed E-state index contributed by atoms with van der Waals surface area (Å²) in [5, 5.41) is 6.75. The van der Waals surface area contributed by atoms with E-state index in [4.69, 9.17) is 9.15 Å². The number of thioether (sulfide) groups is 1. The number of rotatable bonds is 6. The summed E-state index contributed by atoms with van der Waals surface area (Å²) in [5.41, 5.74) is 0. The molecule has 0 bridgehead atoms. The Morgan fingerprint density at radius 2 is 2.14 bits per heavy atom. The number of ether oxygens (including phenoxy) is 1. The van der Waals surface area contributed by atoms with Gasteiger partial charge in [-0.2, -0.15) is 11.8 Å². The topological polar surface area (TPSA) is 58.8 Å². The fourth-order valence-electron chi connectivity index (χ4n) is 2.34. The SMILES string of the molecule is CCNC(=NCc1ccco1)NCC1(SC)CCOCC1.I. The molecule has 2 N–H and O–H groups in total. The average Bonchev–Trinajstić information content (AvgIpc) is 3.04. The number of halogens is 1. The van der Waals surface area contributed by atoms with Crippen molar-refractivity contribution in [2.45, 2.75) is 31.1 Å². The molecule has 7 heteroatoms. The van der Waals surface area contributed by atoms with Crippen LogP contribution in [0.1, 0.15) is 25.5 Å². The molecule has 5 nitrogen and oxygen atoms in total. The lowest BCUT2D eigenvalue weighted by atomic mass is 9.99. The van der Waals surface area contributed by atoms with Gasteiger partial charge >= 0.3 is 0 Å². The van der Waals surface area contributed by atoms with Crippen LogP contribution in [0.3, 0.4) is 0 Å². The standard InChI is InChI=1S/C15H25N3O2S.HI/c1-3-16-14(17-11-13-5-4-8-20-13)18-12-15(21-2)6-9-19-10-7-15;/h4-5,8H,3,6-7,9-12H2,1-2H3,(H2,16,17,18);1H. The first-order chi connectivity index (χ1) is 10.3. The van der Waals surface area contributed by atoms with Crippen LogP contribution in [0.5, 0.6) is 0 Å². The normalized spacial score (nSPS) is 17.6. The number of furan rings is 1. The molecule has 0 aromatic carbocycles. The zero-order chi connectivity index (χ0) is 15.0. The molecule has 0 radical (unpaired) electrons. The molecule has 1 aromatic heterocycles. The van der Waals surface area contributed by atoms with Gasteiger partial charge in [0.2, 0.25) is 0 Å². The van der Waals surface area contributed by atoms with Gasteiger partial charge < -0.3 is 19.8 Å². The van der Waals surface area contributed by atoms with Crippen molar-refractivity contribution < 1.29 is 9.15 Å². The van der Waals surface area contributed by atoms with Crippen LogP contribution in [-0.2, 0) is 11.3 Å². The molecule has 1 saturated heterocycles. The average molecular weight is 439 g/mol. The van der Waals surface area contributed by atoms with Crippen molar-refractivity contribution in [3.63, 3.8) is 0 Å². The van der Waals surface area contributed by atoms with Crippen LogP contribution >= 0.6 is 35.7 Å². The van der Waals surface area contributed by atoms with E-state index in [0.717, 1.165) is 50.9 Å². The monoisotopic (exact) mass is 439 g/mol. The lowest BCUT2D eigenvalue weighted by Crippen LogP contribution is -2.47. The first-order valence-corrected chi connectivity index (χ1v) is 8.68. The summed E-state index contributed by atoms with van der Waals surface area (Å²) in [7, 11) is 0. The second-order valence-corrected chi connectivity index (χ2v) is 6.40. The number of nitrogens with one attached hydrogen (secondary N) is 2. The molecule has 0 unspecified atom stereocenters. The summed E-state index contributed by atoms with van der Waals surface area (Å²) in [4.78, 5) is 4.57. The third-order valence-corrected chi connectivity index (χ3v) is 5.15. The summed E-state index contributed by atoms with van der Waals surface area (Å²) >= 11 is 1.93. The van der Waals surface area contributed by atoms with Crippen molar-refractivity contribution in [2.24, 2.45) is 4.99 Å². The molecule has 1 aromatic rings. The predicted octanol–water partition coefficient (Wildman–Crippen LogP) is 2.86. The fraction of sp³-hybridized carbons (Fsp3) is 0.667. The van der Waals surface area contributed by atoms with Gasteiger partial charge in [0.1, 0.15) is 12.3 Å². The van der Waals surface area contributed by atoms with Gasteiger partial charge in [0.15, 0.2) is 5.96 Å². The van der Waals surface area contributed by atoms with Gasteiger partial charge in [0.05, 0.1) is 6.26 Å². The number of nitrogens with zero attached hydrogens (tertiary/aromatic N) is 1. The minimum atomic E-state index is 0. The fourth-order valence-corrected chi connectivity index (χ4v) is 3.13. The molecule has 0 amide bonds. The van der Waals surface area contributed by atoms with Crippen LogP contribution in [0.25, 0.3) is 0 Å². The van der Waals surface area contributed by atoms with Crippen LogP contribution < -0.4 is 10.6 Å². The highest BCUT2D eigenvalue weighted by molar-refractivity contribution is 14.0. The highest BCUT2D eigenvalue weighted by Crippen LogP contribution is 2.32. The molecule has 0 aliphatic carbocycles. The van der Waals surface area contributed by atoms with Crippen LogP contribution in [0.4, 0.5) is 0 Å². The Labute approximate surface area is 154 Å². The first kappa shape index (κ1) is 19.6. The third kappa shape index (κ3) is 6.00. The highest BCUT2D eigenvalue weighted by atomic mass is 127. The molecule has 1 fully saturated rings. The number of aliphatic imine (C=N–C) groups is 1. The lowest BCUT2D eigenvalue weighted by Gasteiger charge is -2.36. The van der Waals surface area contributed by atoms with Gasteiger partial charge in [-0.1, -0.05) is 0 Å².